The van der Waals surface area contributed by atoms with Crippen LogP contribution < -0.4 is 21.4 Å². The van der Waals surface area contributed by atoms with Crippen molar-refractivity contribution in [3.05, 3.63) is 10.1 Å². The number of nitrogens with one attached hydrogen (secondary N) is 5. The maximum absolute atomic E-state index is 13.6. The molecular weight excluding hydrogens is 527 g/mol. The van der Waals surface area contributed by atoms with Crippen LogP contribution in [0.5, 0.6) is 0 Å². The van der Waals surface area contributed by atoms with Crippen molar-refractivity contribution in [1.82, 2.24) is 21.4 Å². The van der Waals surface area contributed by atoms with Crippen LogP contribution in [0, 0.1) is 38.7 Å². The Morgan fingerprint density at radius 2 is 1.85 bits per heavy atom. The first-order chi connectivity index (χ1) is 19.3. The fourth-order valence-corrected chi connectivity index (χ4v) is 7.00. The molecule has 5 N–H and O–H groups in total. The lowest BCUT2D eigenvalue weighted by Crippen LogP contribution is -2.65. The van der Waals surface area contributed by atoms with E-state index in [0.717, 1.165) is 38.5 Å². The van der Waals surface area contributed by atoms with Crippen molar-refractivity contribution in [3.63, 3.8) is 0 Å². The number of rotatable bonds is 16. The molecule has 0 aromatic heterocycles. The summed E-state index contributed by atoms with van der Waals surface area (Å²) in [4.78, 5) is 36.9. The van der Waals surface area contributed by atoms with Gasteiger partial charge in [-0.1, -0.05) is 59.3 Å². The fraction of sp³-hybridized carbons (Fsp3) is 0.893. The summed E-state index contributed by atoms with van der Waals surface area (Å²) in [7, 11) is -0.563. The van der Waals surface area contributed by atoms with Gasteiger partial charge in [0.2, 0.25) is 11.8 Å². The van der Waals surface area contributed by atoms with E-state index in [1.165, 1.54) is 0 Å². The van der Waals surface area contributed by atoms with Crippen molar-refractivity contribution in [3.8, 4) is 0 Å². The topological polar surface area (TPSA) is 168 Å². The smallest absolute Gasteiger partial charge is 0.404 e. The Kier molecular flexibility index (Phi) is 11.4. The highest BCUT2D eigenvalue weighted by molar-refractivity contribution is 6.48. The second-order valence-electron chi connectivity index (χ2n) is 13.3. The van der Waals surface area contributed by atoms with Crippen molar-refractivity contribution >= 4 is 24.9 Å². The molecule has 12 nitrogen and oxygen atoms in total. The highest BCUT2D eigenvalue weighted by Gasteiger charge is 2.68. The Bertz CT molecular complexity index is 951. The number of amides is 2. The van der Waals surface area contributed by atoms with Gasteiger partial charge in [0.05, 0.1) is 17.6 Å². The van der Waals surface area contributed by atoms with Crippen LogP contribution in [-0.2, 0) is 18.9 Å². The van der Waals surface area contributed by atoms with Crippen molar-refractivity contribution in [2.45, 2.75) is 129 Å². The normalized spacial score (nSPS) is 27.3. The van der Waals surface area contributed by atoms with Crippen molar-refractivity contribution in [2.75, 3.05) is 6.54 Å². The highest BCUT2D eigenvalue weighted by Crippen LogP contribution is 2.65. The SMILES string of the molecule is CCCCCCC(=O)N[C@@H](CCCNC(=N)N[N+](=O)[O-])C(=O)N[C@@H](CC(C)C)B1O[C@@H]2C[C@@H]3C[C@@H](C3(C)C)[C@]2(C)O1. The molecule has 4 rings (SSSR count). The minimum absolute atomic E-state index is 0.00336. The molecule has 6 atom stereocenters. The number of hydrazine groups is 1. The molecule has 1 heterocycles. The fourth-order valence-electron chi connectivity index (χ4n) is 7.00. The molecule has 0 spiro atoms. The first-order valence-electron chi connectivity index (χ1n) is 15.4. The number of hydrogen-bond donors (Lipinski definition) is 5. The summed E-state index contributed by atoms with van der Waals surface area (Å²) in [5.74, 6) is 0.0426. The summed E-state index contributed by atoms with van der Waals surface area (Å²) in [5, 5.41) is 25.9. The van der Waals surface area contributed by atoms with E-state index in [2.05, 4.69) is 57.5 Å². The van der Waals surface area contributed by atoms with Crippen LogP contribution >= 0.6 is 0 Å². The first kappa shape index (κ1) is 33.1. The van der Waals surface area contributed by atoms with Crippen LogP contribution in [0.15, 0.2) is 0 Å². The minimum atomic E-state index is -0.812. The number of carbonyl (C=O) groups excluding carboxylic acids is 2. The molecule has 13 heteroatoms. The lowest BCUT2D eigenvalue weighted by Gasteiger charge is -2.64. The van der Waals surface area contributed by atoms with E-state index in [9.17, 15) is 19.7 Å². The predicted molar refractivity (Wildman–Crippen MR) is 157 cm³/mol. The third kappa shape index (κ3) is 8.34. The van der Waals surface area contributed by atoms with Gasteiger partial charge in [-0.05, 0) is 68.6 Å². The van der Waals surface area contributed by atoms with E-state index < -0.39 is 24.2 Å². The largest absolute Gasteiger partial charge is 0.481 e. The molecule has 2 bridgehead atoms. The van der Waals surface area contributed by atoms with Crippen LogP contribution in [0.2, 0.25) is 0 Å². The van der Waals surface area contributed by atoms with E-state index in [-0.39, 0.29) is 47.3 Å². The van der Waals surface area contributed by atoms with E-state index in [1.807, 2.05) is 0 Å². The van der Waals surface area contributed by atoms with Gasteiger partial charge >= 0.3 is 7.12 Å². The van der Waals surface area contributed by atoms with Crippen molar-refractivity contribution < 1.29 is 23.9 Å². The zero-order chi connectivity index (χ0) is 30.4. The minimum Gasteiger partial charge on any atom is -0.404 e. The average Bonchev–Trinajstić information content (AvgIpc) is 3.24. The first-order valence-corrected chi connectivity index (χ1v) is 15.4. The molecular formula is C28H51BN6O6. The molecule has 0 aromatic rings. The Morgan fingerprint density at radius 1 is 1.12 bits per heavy atom. The number of unbranched alkanes of at least 4 members (excludes halogenated alkanes) is 3. The van der Waals surface area contributed by atoms with Gasteiger partial charge in [0.1, 0.15) is 6.04 Å². The third-order valence-corrected chi connectivity index (χ3v) is 9.43. The number of guanidine groups is 1. The summed E-state index contributed by atoms with van der Waals surface area (Å²) in [5.41, 5.74) is 1.58. The average molecular weight is 579 g/mol. The highest BCUT2D eigenvalue weighted by atomic mass is 16.7. The van der Waals surface area contributed by atoms with Gasteiger partial charge in [-0.3, -0.25) is 15.0 Å². The molecule has 1 aliphatic heterocycles. The van der Waals surface area contributed by atoms with Crippen LogP contribution in [0.25, 0.3) is 0 Å². The van der Waals surface area contributed by atoms with Gasteiger partial charge < -0.3 is 25.3 Å². The monoisotopic (exact) mass is 578 g/mol. The summed E-state index contributed by atoms with van der Waals surface area (Å²) < 4.78 is 13.2. The van der Waals surface area contributed by atoms with E-state index in [4.69, 9.17) is 14.7 Å². The quantitative estimate of drug-likeness (QED) is 0.0464. The molecule has 0 aromatic carbocycles. The Morgan fingerprint density at radius 3 is 2.49 bits per heavy atom. The van der Waals surface area contributed by atoms with Crippen LogP contribution in [0.1, 0.15) is 106 Å². The summed E-state index contributed by atoms with van der Waals surface area (Å²) in [6, 6.07) is -0.784. The zero-order valence-corrected chi connectivity index (χ0v) is 25.7. The molecule has 41 heavy (non-hydrogen) atoms. The van der Waals surface area contributed by atoms with Crippen molar-refractivity contribution in [1.29, 1.82) is 5.41 Å². The number of hydrogen-bond acceptors (Lipinski definition) is 7. The van der Waals surface area contributed by atoms with E-state index >= 15 is 0 Å². The van der Waals surface area contributed by atoms with Crippen LogP contribution in [-0.4, -0.2) is 60.2 Å². The predicted octanol–water partition coefficient (Wildman–Crippen LogP) is 3.33. The van der Waals surface area contributed by atoms with Gasteiger partial charge in [-0.2, -0.15) is 0 Å². The lowest BCUT2D eigenvalue weighted by molar-refractivity contribution is -0.525. The molecule has 0 unspecified atom stereocenters. The number of nitrogens with zero attached hydrogens (tertiary/aromatic N) is 1. The molecule has 2 amide bonds. The second kappa shape index (κ2) is 14.2. The van der Waals surface area contributed by atoms with Gasteiger partial charge in [0.15, 0.2) is 5.03 Å². The van der Waals surface area contributed by atoms with Crippen LogP contribution in [0.3, 0.4) is 0 Å². The Hall–Kier alpha value is -2.41. The maximum Gasteiger partial charge on any atom is 0.481 e. The summed E-state index contributed by atoms with van der Waals surface area (Å²) in [6.07, 6.45) is 7.70. The summed E-state index contributed by atoms with van der Waals surface area (Å²) in [6.45, 7) is 13.3. The lowest BCUT2D eigenvalue weighted by atomic mass is 9.43. The standard InChI is InChI=1S/C28H51BN6O6/c1-7-8-9-10-13-24(36)32-20(12-11-14-31-26(30)34-35(38)39)25(37)33-23(15-18(2)3)29-40-22-17-19-16-21(27(19,4)5)28(22,6)41-29/h18-23H,7-17H2,1-6H3,(H,32,36)(H,33,37)(H3,30,31,34)/t19-,20-,21-,22+,23-,28-/m0/s1. The Balaban J connectivity index is 1.65. The molecule has 3 aliphatic carbocycles. The van der Waals surface area contributed by atoms with Crippen molar-refractivity contribution in [2.24, 2.45) is 23.2 Å². The van der Waals surface area contributed by atoms with Gasteiger partial charge in [0.25, 0.3) is 5.96 Å². The van der Waals surface area contributed by atoms with Gasteiger partial charge in [0, 0.05) is 13.0 Å². The van der Waals surface area contributed by atoms with Gasteiger partial charge in [-0.25, -0.2) is 10.1 Å². The maximum atomic E-state index is 13.6. The van der Waals surface area contributed by atoms with E-state index in [0.29, 0.717) is 37.5 Å². The Labute approximate surface area is 245 Å². The van der Waals surface area contributed by atoms with Crippen LogP contribution in [0.4, 0.5) is 0 Å². The summed E-state index contributed by atoms with van der Waals surface area (Å²) >= 11 is 0. The number of carbonyl (C=O) groups is 2. The molecule has 3 saturated carbocycles. The van der Waals surface area contributed by atoms with E-state index in [1.54, 1.807) is 5.43 Å². The molecule has 1 saturated heterocycles. The third-order valence-electron chi connectivity index (χ3n) is 9.43. The molecule has 4 fully saturated rings. The zero-order valence-electron chi connectivity index (χ0n) is 25.7. The van der Waals surface area contributed by atoms with Gasteiger partial charge in [-0.15, -0.1) is 0 Å². The number of nitro groups is 1. The molecule has 0 radical (unpaired) electrons. The molecule has 4 aliphatic rings. The molecule has 232 valence electrons. The second-order valence-corrected chi connectivity index (χ2v) is 13.3.